The Bertz CT molecular complexity index is 99.8. The lowest BCUT2D eigenvalue weighted by Gasteiger charge is -2.42. The Morgan fingerprint density at radius 3 is 1.50 bits per heavy atom. The quantitative estimate of drug-likeness (QED) is 0.503. The lowest BCUT2D eigenvalue weighted by Crippen LogP contribution is -2.51. The predicted octanol–water partition coefficient (Wildman–Crippen LogP) is 1.34. The van der Waals surface area contributed by atoms with Gasteiger partial charge in [0.05, 0.1) is 0 Å². The van der Waals surface area contributed by atoms with Crippen molar-refractivity contribution >= 4 is 0 Å². The van der Waals surface area contributed by atoms with E-state index in [0.29, 0.717) is 0 Å². The van der Waals surface area contributed by atoms with Crippen molar-refractivity contribution in [3.8, 4) is 0 Å². The molecule has 0 aromatic heterocycles. The van der Waals surface area contributed by atoms with Gasteiger partial charge in [0.25, 0.3) is 0 Å². The fraction of sp³-hybridized carbons (Fsp3) is 1.00. The molecule has 60 valence electrons. The second-order valence-electron chi connectivity index (χ2n) is 3.42. The Labute approximate surface area is 63.8 Å². The third-order valence-electron chi connectivity index (χ3n) is 2.78. The molecule has 0 bridgehead atoms. The fourth-order valence-corrected chi connectivity index (χ4v) is 1.48. The fourth-order valence-electron chi connectivity index (χ4n) is 1.48. The van der Waals surface area contributed by atoms with E-state index in [9.17, 15) is 0 Å². The topological polar surface area (TPSA) is 6.48 Å². The summed E-state index contributed by atoms with van der Waals surface area (Å²) in [6.07, 6.45) is 2.67. The van der Waals surface area contributed by atoms with Crippen LogP contribution in [0, 0.1) is 0 Å². The minimum atomic E-state index is 0.723. The summed E-state index contributed by atoms with van der Waals surface area (Å²) in [6, 6.07) is 1.45. The zero-order chi connectivity index (χ0) is 7.72. The SMILES string of the molecule is CC1CCC(C)N(C)N1C. The lowest BCUT2D eigenvalue weighted by molar-refractivity contribution is -0.0738. The Morgan fingerprint density at radius 1 is 0.900 bits per heavy atom. The highest BCUT2D eigenvalue weighted by Crippen LogP contribution is 2.19. The molecular formula is C8H18N2. The first kappa shape index (κ1) is 8.02. The van der Waals surface area contributed by atoms with E-state index in [0.717, 1.165) is 12.1 Å². The van der Waals surface area contributed by atoms with Crippen LogP contribution >= 0.6 is 0 Å². The van der Waals surface area contributed by atoms with Gasteiger partial charge in [0.2, 0.25) is 0 Å². The minimum absolute atomic E-state index is 0.723. The van der Waals surface area contributed by atoms with Crippen molar-refractivity contribution < 1.29 is 0 Å². The highest BCUT2D eigenvalue weighted by Gasteiger charge is 2.24. The molecule has 0 amide bonds. The van der Waals surface area contributed by atoms with Crippen molar-refractivity contribution in [3.63, 3.8) is 0 Å². The van der Waals surface area contributed by atoms with Gasteiger partial charge in [-0.2, -0.15) is 0 Å². The second-order valence-corrected chi connectivity index (χ2v) is 3.42. The van der Waals surface area contributed by atoms with Crippen LogP contribution < -0.4 is 0 Å². The summed E-state index contributed by atoms with van der Waals surface area (Å²) in [5.74, 6) is 0. The normalized spacial score (nSPS) is 38.4. The van der Waals surface area contributed by atoms with Crippen molar-refractivity contribution in [2.75, 3.05) is 14.1 Å². The van der Waals surface area contributed by atoms with Crippen molar-refractivity contribution in [1.29, 1.82) is 0 Å². The van der Waals surface area contributed by atoms with Crippen molar-refractivity contribution in [2.45, 2.75) is 38.8 Å². The van der Waals surface area contributed by atoms with E-state index in [-0.39, 0.29) is 0 Å². The van der Waals surface area contributed by atoms with Crippen LogP contribution in [-0.2, 0) is 0 Å². The summed E-state index contributed by atoms with van der Waals surface area (Å²) < 4.78 is 0. The van der Waals surface area contributed by atoms with Gasteiger partial charge in [-0.15, -0.1) is 0 Å². The Hall–Kier alpha value is -0.0800. The van der Waals surface area contributed by atoms with Crippen molar-refractivity contribution in [3.05, 3.63) is 0 Å². The van der Waals surface area contributed by atoms with E-state index in [1.807, 2.05) is 0 Å². The van der Waals surface area contributed by atoms with Crippen LogP contribution in [0.15, 0.2) is 0 Å². The highest BCUT2D eigenvalue weighted by atomic mass is 15.6. The first-order valence-corrected chi connectivity index (χ1v) is 4.08. The summed E-state index contributed by atoms with van der Waals surface area (Å²) in [7, 11) is 4.33. The van der Waals surface area contributed by atoms with Gasteiger partial charge in [-0.1, -0.05) is 0 Å². The molecule has 0 N–H and O–H groups in total. The molecule has 0 aromatic carbocycles. The molecule has 0 saturated carbocycles. The molecule has 1 saturated heterocycles. The number of nitrogens with zero attached hydrogens (tertiary/aromatic N) is 2. The molecule has 1 fully saturated rings. The van der Waals surface area contributed by atoms with Gasteiger partial charge < -0.3 is 0 Å². The molecule has 0 spiro atoms. The van der Waals surface area contributed by atoms with Gasteiger partial charge in [0.15, 0.2) is 0 Å². The number of rotatable bonds is 0. The third-order valence-corrected chi connectivity index (χ3v) is 2.78. The van der Waals surface area contributed by atoms with Gasteiger partial charge in [-0.3, -0.25) is 0 Å². The summed E-state index contributed by atoms with van der Waals surface area (Å²) in [5, 5.41) is 4.66. The summed E-state index contributed by atoms with van der Waals surface area (Å²) in [4.78, 5) is 0. The summed E-state index contributed by atoms with van der Waals surface area (Å²) >= 11 is 0. The number of hydrazine groups is 1. The van der Waals surface area contributed by atoms with Crippen LogP contribution in [0.25, 0.3) is 0 Å². The zero-order valence-corrected chi connectivity index (χ0v) is 7.46. The molecule has 0 radical (unpaired) electrons. The van der Waals surface area contributed by atoms with E-state index < -0.39 is 0 Å². The Balaban J connectivity index is 2.52. The number of hydrogen-bond donors (Lipinski definition) is 0. The molecule has 1 aliphatic rings. The van der Waals surface area contributed by atoms with Crippen molar-refractivity contribution in [1.82, 2.24) is 10.0 Å². The standard InChI is InChI=1S/C8H18N2/c1-7-5-6-8(2)10(4)9(7)3/h7-8H,5-6H2,1-4H3. The van der Waals surface area contributed by atoms with E-state index >= 15 is 0 Å². The maximum atomic E-state index is 2.33. The first-order chi connectivity index (χ1) is 4.63. The molecule has 2 unspecified atom stereocenters. The average molecular weight is 142 g/mol. The van der Waals surface area contributed by atoms with Crippen LogP contribution in [0.5, 0.6) is 0 Å². The summed E-state index contributed by atoms with van der Waals surface area (Å²) in [6.45, 7) is 4.56. The molecule has 2 atom stereocenters. The molecule has 10 heavy (non-hydrogen) atoms. The highest BCUT2D eigenvalue weighted by molar-refractivity contribution is 4.73. The summed E-state index contributed by atoms with van der Waals surface area (Å²) in [5.41, 5.74) is 0. The zero-order valence-electron chi connectivity index (χ0n) is 7.46. The molecule has 1 rings (SSSR count). The van der Waals surface area contributed by atoms with Crippen LogP contribution in [0.4, 0.5) is 0 Å². The van der Waals surface area contributed by atoms with E-state index in [4.69, 9.17) is 0 Å². The molecule has 0 aliphatic carbocycles. The predicted molar refractivity (Wildman–Crippen MR) is 43.7 cm³/mol. The van der Waals surface area contributed by atoms with Crippen LogP contribution in [-0.4, -0.2) is 36.2 Å². The third kappa shape index (κ3) is 1.32. The number of hydrogen-bond acceptors (Lipinski definition) is 2. The van der Waals surface area contributed by atoms with Crippen LogP contribution in [0.2, 0.25) is 0 Å². The van der Waals surface area contributed by atoms with Crippen molar-refractivity contribution in [2.24, 2.45) is 0 Å². The Kier molecular flexibility index (Phi) is 2.32. The molecule has 2 nitrogen and oxygen atoms in total. The molecule has 1 aliphatic heterocycles. The van der Waals surface area contributed by atoms with Gasteiger partial charge in [0, 0.05) is 26.2 Å². The molecule has 0 aromatic rings. The van der Waals surface area contributed by atoms with E-state index in [2.05, 4.69) is 38.0 Å². The smallest absolute Gasteiger partial charge is 0.0215 e. The van der Waals surface area contributed by atoms with Crippen LogP contribution in [0.3, 0.4) is 0 Å². The lowest BCUT2D eigenvalue weighted by atomic mass is 10.1. The maximum Gasteiger partial charge on any atom is 0.0215 e. The monoisotopic (exact) mass is 142 g/mol. The first-order valence-electron chi connectivity index (χ1n) is 4.08. The average Bonchev–Trinajstić information content (AvgIpc) is 1.93. The molecule has 2 heteroatoms. The Morgan fingerprint density at radius 2 is 1.20 bits per heavy atom. The maximum absolute atomic E-state index is 2.33. The molecule has 1 heterocycles. The van der Waals surface area contributed by atoms with E-state index in [1.54, 1.807) is 0 Å². The minimum Gasteiger partial charge on any atom is -0.242 e. The van der Waals surface area contributed by atoms with Gasteiger partial charge in [0.1, 0.15) is 0 Å². The van der Waals surface area contributed by atoms with Gasteiger partial charge in [-0.25, -0.2) is 10.0 Å². The largest absolute Gasteiger partial charge is 0.242 e. The second kappa shape index (κ2) is 2.89. The molecular weight excluding hydrogens is 124 g/mol. The van der Waals surface area contributed by atoms with E-state index in [1.165, 1.54) is 12.8 Å². The van der Waals surface area contributed by atoms with Crippen LogP contribution in [0.1, 0.15) is 26.7 Å². The van der Waals surface area contributed by atoms with Gasteiger partial charge in [-0.05, 0) is 26.7 Å². The van der Waals surface area contributed by atoms with Gasteiger partial charge >= 0.3 is 0 Å².